The Bertz CT molecular complexity index is 620. The molecule has 1 unspecified atom stereocenters. The van der Waals surface area contributed by atoms with Crippen molar-refractivity contribution in [2.24, 2.45) is 0 Å². The lowest BCUT2D eigenvalue weighted by atomic mass is 10.1. The van der Waals surface area contributed by atoms with Crippen molar-refractivity contribution < 1.29 is 9.53 Å². The maximum Gasteiger partial charge on any atom is 0.270 e. The predicted molar refractivity (Wildman–Crippen MR) is 80.1 cm³/mol. The number of aryl methyl sites for hydroxylation is 1. The van der Waals surface area contributed by atoms with Crippen LogP contribution < -0.4 is 15.8 Å². The van der Waals surface area contributed by atoms with Crippen molar-refractivity contribution >= 4 is 11.9 Å². The highest BCUT2D eigenvalue weighted by molar-refractivity contribution is 5.92. The summed E-state index contributed by atoms with van der Waals surface area (Å²) in [4.78, 5) is 20.1. The van der Waals surface area contributed by atoms with Gasteiger partial charge in [0.25, 0.3) is 5.91 Å². The van der Waals surface area contributed by atoms with Crippen molar-refractivity contribution in [1.82, 2.24) is 15.3 Å². The summed E-state index contributed by atoms with van der Waals surface area (Å²) in [6, 6.07) is 8.97. The van der Waals surface area contributed by atoms with Gasteiger partial charge in [-0.05, 0) is 37.6 Å². The molecule has 6 heteroatoms. The number of aromatic nitrogens is 2. The molecule has 3 N–H and O–H groups in total. The van der Waals surface area contributed by atoms with Crippen LogP contribution in [0, 0.1) is 6.92 Å². The normalized spacial score (nSPS) is 11.8. The summed E-state index contributed by atoms with van der Waals surface area (Å²) in [6.07, 6.45) is 0. The number of methoxy groups -OCH3 is 1. The van der Waals surface area contributed by atoms with Gasteiger partial charge in [-0.3, -0.25) is 4.79 Å². The van der Waals surface area contributed by atoms with Crippen molar-refractivity contribution in [2.45, 2.75) is 19.9 Å². The summed E-state index contributed by atoms with van der Waals surface area (Å²) in [5, 5.41) is 2.88. The third kappa shape index (κ3) is 3.68. The second-order valence-corrected chi connectivity index (χ2v) is 4.72. The minimum atomic E-state index is -0.282. The van der Waals surface area contributed by atoms with E-state index in [1.165, 1.54) is 0 Å². The zero-order chi connectivity index (χ0) is 15.4. The summed E-state index contributed by atoms with van der Waals surface area (Å²) in [6.45, 7) is 3.67. The molecule has 0 aliphatic rings. The van der Waals surface area contributed by atoms with E-state index >= 15 is 0 Å². The Labute approximate surface area is 123 Å². The fourth-order valence-electron chi connectivity index (χ4n) is 1.95. The van der Waals surface area contributed by atoms with Gasteiger partial charge in [0.1, 0.15) is 11.4 Å². The highest BCUT2D eigenvalue weighted by atomic mass is 16.5. The van der Waals surface area contributed by atoms with Crippen LogP contribution in [0.1, 0.15) is 34.7 Å². The zero-order valence-corrected chi connectivity index (χ0v) is 12.3. The van der Waals surface area contributed by atoms with E-state index < -0.39 is 0 Å². The molecule has 0 saturated carbocycles. The van der Waals surface area contributed by atoms with Crippen LogP contribution in [-0.2, 0) is 0 Å². The molecule has 1 amide bonds. The number of hydrogen-bond acceptors (Lipinski definition) is 5. The van der Waals surface area contributed by atoms with Gasteiger partial charge in [-0.25, -0.2) is 9.97 Å². The molecule has 0 spiro atoms. The Hall–Kier alpha value is -2.63. The second-order valence-electron chi connectivity index (χ2n) is 4.72. The zero-order valence-electron chi connectivity index (χ0n) is 12.3. The van der Waals surface area contributed by atoms with Crippen molar-refractivity contribution in [3.63, 3.8) is 0 Å². The van der Waals surface area contributed by atoms with Gasteiger partial charge in [0, 0.05) is 5.69 Å². The maximum atomic E-state index is 12.2. The van der Waals surface area contributed by atoms with Crippen LogP contribution in [0.5, 0.6) is 5.75 Å². The molecule has 21 heavy (non-hydrogen) atoms. The Morgan fingerprint density at radius 1 is 1.29 bits per heavy atom. The molecule has 2 aromatic rings. The number of carbonyl (C=O) groups is 1. The Kier molecular flexibility index (Phi) is 4.37. The molecule has 1 aromatic carbocycles. The average Bonchev–Trinajstić information content (AvgIpc) is 2.46. The van der Waals surface area contributed by atoms with Gasteiger partial charge in [0.05, 0.1) is 13.2 Å². The van der Waals surface area contributed by atoms with Crippen LogP contribution in [0.2, 0.25) is 0 Å². The minimum absolute atomic E-state index is 0.0947. The van der Waals surface area contributed by atoms with Crippen LogP contribution in [-0.4, -0.2) is 23.0 Å². The van der Waals surface area contributed by atoms with Gasteiger partial charge >= 0.3 is 0 Å². The molecule has 0 saturated heterocycles. The summed E-state index contributed by atoms with van der Waals surface area (Å²) in [7, 11) is 1.61. The first kappa shape index (κ1) is 14.8. The van der Waals surface area contributed by atoms with E-state index in [2.05, 4.69) is 15.3 Å². The first-order valence-electron chi connectivity index (χ1n) is 6.55. The quantitative estimate of drug-likeness (QED) is 0.895. The van der Waals surface area contributed by atoms with Gasteiger partial charge in [0.15, 0.2) is 0 Å². The number of carbonyl (C=O) groups excluding carboxylic acids is 1. The molecular weight excluding hydrogens is 268 g/mol. The van der Waals surface area contributed by atoms with Gasteiger partial charge in [-0.1, -0.05) is 12.1 Å². The van der Waals surface area contributed by atoms with Crippen LogP contribution in [0.3, 0.4) is 0 Å². The number of rotatable bonds is 4. The smallest absolute Gasteiger partial charge is 0.270 e. The SMILES string of the molecule is COc1ccc(C(C)NC(=O)c2cc(C)nc(N)n2)cc1. The number of nitrogens with one attached hydrogen (secondary N) is 1. The Morgan fingerprint density at radius 2 is 1.95 bits per heavy atom. The Morgan fingerprint density at radius 3 is 2.52 bits per heavy atom. The maximum absolute atomic E-state index is 12.2. The molecule has 110 valence electrons. The third-order valence-corrected chi connectivity index (χ3v) is 3.07. The van der Waals surface area contributed by atoms with Crippen molar-refractivity contribution in [2.75, 3.05) is 12.8 Å². The number of amides is 1. The van der Waals surface area contributed by atoms with Crippen LogP contribution in [0.4, 0.5) is 5.95 Å². The molecule has 1 heterocycles. The number of hydrogen-bond donors (Lipinski definition) is 2. The molecule has 1 atom stereocenters. The second kappa shape index (κ2) is 6.21. The number of nitrogens with zero attached hydrogens (tertiary/aromatic N) is 2. The standard InChI is InChI=1S/C15H18N4O2/c1-9-8-13(19-15(16)17-9)14(20)18-10(2)11-4-6-12(21-3)7-5-11/h4-8,10H,1-3H3,(H,18,20)(H2,16,17,19). The monoisotopic (exact) mass is 286 g/mol. The fraction of sp³-hybridized carbons (Fsp3) is 0.267. The van der Waals surface area contributed by atoms with Crippen LogP contribution in [0.15, 0.2) is 30.3 Å². The van der Waals surface area contributed by atoms with Crippen molar-refractivity contribution in [3.05, 3.63) is 47.3 Å². The highest BCUT2D eigenvalue weighted by Gasteiger charge is 2.14. The average molecular weight is 286 g/mol. The lowest BCUT2D eigenvalue weighted by Crippen LogP contribution is -2.27. The summed E-state index contributed by atoms with van der Waals surface area (Å²) >= 11 is 0. The first-order chi connectivity index (χ1) is 9.99. The highest BCUT2D eigenvalue weighted by Crippen LogP contribution is 2.17. The van der Waals surface area contributed by atoms with E-state index in [0.29, 0.717) is 5.69 Å². The van der Waals surface area contributed by atoms with E-state index in [4.69, 9.17) is 10.5 Å². The fourth-order valence-corrected chi connectivity index (χ4v) is 1.95. The van der Waals surface area contributed by atoms with Crippen LogP contribution in [0.25, 0.3) is 0 Å². The van der Waals surface area contributed by atoms with Gasteiger partial charge in [-0.2, -0.15) is 0 Å². The van der Waals surface area contributed by atoms with E-state index in [1.807, 2.05) is 31.2 Å². The largest absolute Gasteiger partial charge is 0.497 e. The Balaban J connectivity index is 2.10. The molecular formula is C15H18N4O2. The number of nitrogen functional groups attached to an aromatic ring is 1. The molecule has 2 rings (SSSR count). The molecule has 0 fully saturated rings. The summed E-state index contributed by atoms with van der Waals surface area (Å²) in [5.41, 5.74) is 7.45. The predicted octanol–water partition coefficient (Wildman–Crippen LogP) is 1.87. The van der Waals surface area contributed by atoms with E-state index in [0.717, 1.165) is 11.3 Å². The number of benzene rings is 1. The van der Waals surface area contributed by atoms with Gasteiger partial charge in [-0.15, -0.1) is 0 Å². The summed E-state index contributed by atoms with van der Waals surface area (Å²) < 4.78 is 5.11. The summed E-state index contributed by atoms with van der Waals surface area (Å²) in [5.74, 6) is 0.587. The van der Waals surface area contributed by atoms with Crippen molar-refractivity contribution in [3.8, 4) is 5.75 Å². The van der Waals surface area contributed by atoms with E-state index in [-0.39, 0.29) is 23.6 Å². The third-order valence-electron chi connectivity index (χ3n) is 3.07. The van der Waals surface area contributed by atoms with Crippen molar-refractivity contribution in [1.29, 1.82) is 0 Å². The number of anilines is 1. The molecule has 0 radical (unpaired) electrons. The van der Waals surface area contributed by atoms with E-state index in [1.54, 1.807) is 20.1 Å². The molecule has 0 aliphatic heterocycles. The lowest BCUT2D eigenvalue weighted by molar-refractivity contribution is 0.0934. The molecule has 0 bridgehead atoms. The topological polar surface area (TPSA) is 90.1 Å². The first-order valence-corrected chi connectivity index (χ1v) is 6.55. The van der Waals surface area contributed by atoms with E-state index in [9.17, 15) is 4.79 Å². The molecule has 0 aliphatic carbocycles. The number of ether oxygens (including phenoxy) is 1. The van der Waals surface area contributed by atoms with Gasteiger partial charge in [0.2, 0.25) is 5.95 Å². The molecule has 1 aromatic heterocycles. The van der Waals surface area contributed by atoms with Gasteiger partial charge < -0.3 is 15.8 Å². The van der Waals surface area contributed by atoms with Crippen LogP contribution >= 0.6 is 0 Å². The lowest BCUT2D eigenvalue weighted by Gasteiger charge is -2.14. The minimum Gasteiger partial charge on any atom is -0.497 e. The number of nitrogens with two attached hydrogens (primary N) is 1. The molecule has 6 nitrogen and oxygen atoms in total.